The van der Waals surface area contributed by atoms with Crippen LogP contribution in [0.5, 0.6) is 5.75 Å². The molecule has 0 spiro atoms. The molecule has 82 valence electrons. The molecule has 1 aromatic carbocycles. The molecule has 0 N–H and O–H groups in total. The topological polar surface area (TPSA) is 12.5 Å². The van der Waals surface area contributed by atoms with E-state index >= 15 is 0 Å². The summed E-state index contributed by atoms with van der Waals surface area (Å²) < 4.78 is 9.27. The van der Waals surface area contributed by atoms with Crippen LogP contribution in [0.1, 0.15) is 25.5 Å². The fourth-order valence-electron chi connectivity index (χ4n) is 2.15. The van der Waals surface area contributed by atoms with Crippen LogP contribution in [0.2, 0.25) is 0 Å². The third kappa shape index (κ3) is 1.92. The van der Waals surface area contributed by atoms with Gasteiger partial charge in [0.15, 0.2) is 0 Å². The fourth-order valence-corrected chi connectivity index (χ4v) is 4.66. The van der Waals surface area contributed by atoms with Crippen molar-refractivity contribution in [2.75, 3.05) is 14.2 Å². The third-order valence-corrected chi connectivity index (χ3v) is 5.07. The Kier molecular flexibility index (Phi) is 3.06. The van der Waals surface area contributed by atoms with Crippen LogP contribution in [0.25, 0.3) is 0 Å². The van der Waals surface area contributed by atoms with E-state index in [1.807, 2.05) is 0 Å². The molecule has 1 unspecified atom stereocenters. The quantitative estimate of drug-likeness (QED) is 0.757. The summed E-state index contributed by atoms with van der Waals surface area (Å²) in [6.07, 6.45) is 0. The van der Waals surface area contributed by atoms with Crippen LogP contribution < -0.4 is 9.20 Å². The zero-order valence-corrected chi connectivity index (χ0v) is 11.4. The average molecular weight is 270 g/mol. The van der Waals surface area contributed by atoms with Crippen LogP contribution in [-0.4, -0.2) is 33.2 Å². The summed E-state index contributed by atoms with van der Waals surface area (Å²) in [7, 11) is 3.95. The summed E-state index contributed by atoms with van der Waals surface area (Å²) in [5.41, 5.74) is 1.46. The molecule has 0 radical (unpaired) electrons. The van der Waals surface area contributed by atoms with Crippen molar-refractivity contribution in [3.05, 3.63) is 23.8 Å². The van der Waals surface area contributed by atoms with Gasteiger partial charge in [0.25, 0.3) is 0 Å². The van der Waals surface area contributed by atoms with E-state index in [-0.39, 0.29) is 0 Å². The predicted molar refractivity (Wildman–Crippen MR) is 63.7 cm³/mol. The SMILES string of the molecule is COc1ccc2c(c1)C(C(C)C)N(C)[Se]2. The van der Waals surface area contributed by atoms with E-state index < -0.39 is 0 Å². The second kappa shape index (κ2) is 4.17. The molecular formula is C12H17NOSe. The van der Waals surface area contributed by atoms with Crippen molar-refractivity contribution >= 4 is 19.6 Å². The van der Waals surface area contributed by atoms with Gasteiger partial charge in [0, 0.05) is 0 Å². The van der Waals surface area contributed by atoms with Gasteiger partial charge in [0.2, 0.25) is 0 Å². The Balaban J connectivity index is 2.41. The summed E-state index contributed by atoms with van der Waals surface area (Å²) in [6.45, 7) is 4.57. The first-order valence-electron chi connectivity index (χ1n) is 5.22. The summed E-state index contributed by atoms with van der Waals surface area (Å²) in [5.74, 6) is 1.63. The molecule has 1 atom stereocenters. The normalized spacial score (nSPS) is 20.7. The number of hydrogen-bond acceptors (Lipinski definition) is 2. The molecule has 1 aliphatic rings. The van der Waals surface area contributed by atoms with Crippen LogP contribution in [0.3, 0.4) is 0 Å². The first-order valence-corrected chi connectivity index (χ1v) is 6.84. The van der Waals surface area contributed by atoms with E-state index in [1.165, 1.54) is 10.0 Å². The molecule has 0 saturated carbocycles. The summed E-state index contributed by atoms with van der Waals surface area (Å²) >= 11 is 0.483. The summed E-state index contributed by atoms with van der Waals surface area (Å²) in [6, 6.07) is 7.05. The molecule has 0 fully saturated rings. The zero-order chi connectivity index (χ0) is 11.0. The molecule has 15 heavy (non-hydrogen) atoms. The van der Waals surface area contributed by atoms with Crippen LogP contribution >= 0.6 is 0 Å². The number of methoxy groups -OCH3 is 1. The van der Waals surface area contributed by atoms with Crippen molar-refractivity contribution in [3.63, 3.8) is 0 Å². The number of hydrogen-bond donors (Lipinski definition) is 0. The molecule has 0 aliphatic carbocycles. The Morgan fingerprint density at radius 3 is 2.73 bits per heavy atom. The average Bonchev–Trinajstić information content (AvgIpc) is 2.52. The Morgan fingerprint density at radius 2 is 2.13 bits per heavy atom. The predicted octanol–water partition coefficient (Wildman–Crippen LogP) is 1.58. The molecule has 0 amide bonds. The van der Waals surface area contributed by atoms with Gasteiger partial charge in [0.1, 0.15) is 0 Å². The molecule has 0 saturated heterocycles. The van der Waals surface area contributed by atoms with Crippen molar-refractivity contribution in [1.82, 2.24) is 3.92 Å². The second-order valence-corrected chi connectivity index (χ2v) is 6.74. The van der Waals surface area contributed by atoms with Crippen molar-refractivity contribution in [1.29, 1.82) is 0 Å². The van der Waals surface area contributed by atoms with Gasteiger partial charge in [-0.3, -0.25) is 0 Å². The fraction of sp³-hybridized carbons (Fsp3) is 0.500. The van der Waals surface area contributed by atoms with Crippen molar-refractivity contribution < 1.29 is 4.74 Å². The number of benzene rings is 1. The first-order chi connectivity index (χ1) is 7.13. The Hall–Kier alpha value is -0.501. The van der Waals surface area contributed by atoms with E-state index in [9.17, 15) is 0 Å². The van der Waals surface area contributed by atoms with Crippen molar-refractivity contribution in [2.24, 2.45) is 5.92 Å². The number of rotatable bonds is 2. The molecule has 3 heteroatoms. The van der Waals surface area contributed by atoms with Crippen LogP contribution in [-0.2, 0) is 0 Å². The standard InChI is InChI=1S/C12H17NOSe/c1-8(2)12-10-7-9(14-4)5-6-11(10)15-13(12)3/h5-8,12H,1-4H3. The maximum atomic E-state index is 5.29. The number of fused-ring (bicyclic) bond motifs is 1. The van der Waals surface area contributed by atoms with Gasteiger partial charge < -0.3 is 0 Å². The van der Waals surface area contributed by atoms with Gasteiger partial charge in [-0.05, 0) is 0 Å². The molecule has 1 aromatic rings. The number of ether oxygens (including phenoxy) is 1. The van der Waals surface area contributed by atoms with E-state index in [4.69, 9.17) is 4.74 Å². The van der Waals surface area contributed by atoms with Crippen LogP contribution in [0.15, 0.2) is 18.2 Å². The first kappa shape index (κ1) is 11.0. The van der Waals surface area contributed by atoms with E-state index in [2.05, 4.69) is 43.0 Å². The Morgan fingerprint density at radius 1 is 1.40 bits per heavy atom. The molecule has 0 aromatic heterocycles. The number of nitrogens with zero attached hydrogens (tertiary/aromatic N) is 1. The van der Waals surface area contributed by atoms with Gasteiger partial charge >= 0.3 is 97.8 Å². The van der Waals surface area contributed by atoms with Gasteiger partial charge in [-0.2, -0.15) is 0 Å². The molecule has 2 rings (SSSR count). The Labute approximate surface area is 98.0 Å². The monoisotopic (exact) mass is 271 g/mol. The van der Waals surface area contributed by atoms with Gasteiger partial charge in [0.05, 0.1) is 0 Å². The molecule has 2 nitrogen and oxygen atoms in total. The third-order valence-electron chi connectivity index (χ3n) is 2.80. The minimum atomic E-state index is 0.483. The van der Waals surface area contributed by atoms with Gasteiger partial charge in [-0.15, -0.1) is 0 Å². The Bertz CT molecular complexity index is 365. The molecule has 1 heterocycles. The van der Waals surface area contributed by atoms with E-state index in [0.717, 1.165) is 5.75 Å². The second-order valence-electron chi connectivity index (χ2n) is 4.23. The molecule has 1 aliphatic heterocycles. The minimum absolute atomic E-state index is 0.483. The van der Waals surface area contributed by atoms with Gasteiger partial charge in [-0.1, -0.05) is 0 Å². The van der Waals surface area contributed by atoms with Crippen molar-refractivity contribution in [2.45, 2.75) is 19.9 Å². The van der Waals surface area contributed by atoms with Crippen LogP contribution in [0.4, 0.5) is 0 Å². The summed E-state index contributed by atoms with van der Waals surface area (Å²) in [4.78, 5) is 0. The van der Waals surface area contributed by atoms with Gasteiger partial charge in [-0.25, -0.2) is 0 Å². The van der Waals surface area contributed by atoms with Crippen LogP contribution in [0, 0.1) is 5.92 Å². The zero-order valence-electron chi connectivity index (χ0n) is 9.65. The maximum absolute atomic E-state index is 5.29. The van der Waals surface area contributed by atoms with Crippen molar-refractivity contribution in [3.8, 4) is 5.75 Å². The van der Waals surface area contributed by atoms with E-state index in [0.29, 0.717) is 27.1 Å². The molecular weight excluding hydrogens is 253 g/mol. The van der Waals surface area contributed by atoms with E-state index in [1.54, 1.807) is 7.11 Å². The molecule has 0 bridgehead atoms. The summed E-state index contributed by atoms with van der Waals surface area (Å²) in [5, 5.41) is 0.